The van der Waals surface area contributed by atoms with E-state index in [1.165, 1.54) is 0 Å². The number of hydrogen-bond acceptors (Lipinski definition) is 3. The summed E-state index contributed by atoms with van der Waals surface area (Å²) in [6.45, 7) is 0. The molecule has 0 fully saturated rings. The van der Waals surface area contributed by atoms with Gasteiger partial charge in [0.05, 0.1) is 11.1 Å². The molecule has 0 aliphatic heterocycles. The van der Waals surface area contributed by atoms with Gasteiger partial charge in [-0.1, -0.05) is 17.7 Å². The van der Waals surface area contributed by atoms with E-state index < -0.39 is 0 Å². The standard InChI is InChI=1S/C11H9Br2ClN2S/c12-7-3-4-17-11(7)10(16-15)6-1-2-9(14)8(13)5-6/h1-5,10,16H,15H2. The van der Waals surface area contributed by atoms with Crippen LogP contribution in [-0.4, -0.2) is 0 Å². The Kier molecular flexibility index (Phi) is 4.63. The van der Waals surface area contributed by atoms with Crippen molar-refractivity contribution in [3.8, 4) is 0 Å². The van der Waals surface area contributed by atoms with Crippen LogP contribution in [0.15, 0.2) is 38.6 Å². The summed E-state index contributed by atoms with van der Waals surface area (Å²) in [4.78, 5) is 1.14. The number of benzene rings is 1. The van der Waals surface area contributed by atoms with E-state index in [-0.39, 0.29) is 6.04 Å². The highest BCUT2D eigenvalue weighted by atomic mass is 79.9. The van der Waals surface area contributed by atoms with Crippen molar-refractivity contribution in [3.05, 3.63) is 54.1 Å². The van der Waals surface area contributed by atoms with Crippen molar-refractivity contribution >= 4 is 54.8 Å². The molecule has 0 aliphatic rings. The third-order valence-corrected chi connectivity index (χ3v) is 5.50. The fourth-order valence-electron chi connectivity index (χ4n) is 1.53. The summed E-state index contributed by atoms with van der Waals surface area (Å²) >= 11 is 14.6. The normalized spacial score (nSPS) is 12.7. The summed E-state index contributed by atoms with van der Waals surface area (Å²) < 4.78 is 1.92. The smallest absolute Gasteiger partial charge is 0.0814 e. The van der Waals surface area contributed by atoms with Gasteiger partial charge in [0.15, 0.2) is 0 Å². The molecule has 6 heteroatoms. The number of hydrazine groups is 1. The molecule has 0 bridgehead atoms. The van der Waals surface area contributed by atoms with Gasteiger partial charge in [0.2, 0.25) is 0 Å². The van der Waals surface area contributed by atoms with E-state index in [9.17, 15) is 0 Å². The topological polar surface area (TPSA) is 38.0 Å². The number of rotatable bonds is 3. The predicted molar refractivity (Wildman–Crippen MR) is 80.3 cm³/mol. The van der Waals surface area contributed by atoms with Crippen molar-refractivity contribution in [2.45, 2.75) is 6.04 Å². The number of hydrogen-bond donors (Lipinski definition) is 2. The van der Waals surface area contributed by atoms with E-state index in [4.69, 9.17) is 17.4 Å². The zero-order chi connectivity index (χ0) is 12.4. The van der Waals surface area contributed by atoms with E-state index in [0.717, 1.165) is 19.4 Å². The third-order valence-electron chi connectivity index (χ3n) is 2.35. The van der Waals surface area contributed by atoms with Crippen molar-refractivity contribution in [3.63, 3.8) is 0 Å². The molecule has 2 aromatic rings. The Bertz CT molecular complexity index is 530. The molecule has 1 unspecified atom stereocenters. The summed E-state index contributed by atoms with van der Waals surface area (Å²) in [6.07, 6.45) is 0. The van der Waals surface area contributed by atoms with Gasteiger partial charge in [0, 0.05) is 13.8 Å². The van der Waals surface area contributed by atoms with Gasteiger partial charge in [0.1, 0.15) is 0 Å². The van der Waals surface area contributed by atoms with Crippen LogP contribution in [0, 0.1) is 0 Å². The highest BCUT2D eigenvalue weighted by molar-refractivity contribution is 9.10. The van der Waals surface area contributed by atoms with Gasteiger partial charge in [-0.15, -0.1) is 11.3 Å². The average molecular weight is 397 g/mol. The van der Waals surface area contributed by atoms with Crippen LogP contribution in [0.5, 0.6) is 0 Å². The van der Waals surface area contributed by atoms with Crippen molar-refractivity contribution in [1.29, 1.82) is 0 Å². The molecule has 17 heavy (non-hydrogen) atoms. The summed E-state index contributed by atoms with van der Waals surface area (Å²) in [5.41, 5.74) is 3.89. The van der Waals surface area contributed by atoms with Crippen LogP contribution >= 0.6 is 54.8 Å². The lowest BCUT2D eigenvalue weighted by atomic mass is 10.1. The predicted octanol–water partition coefficient (Wildman–Crippen LogP) is 4.48. The maximum atomic E-state index is 5.98. The minimum atomic E-state index is -0.0436. The molecule has 2 nitrogen and oxygen atoms in total. The molecular weight excluding hydrogens is 387 g/mol. The minimum Gasteiger partial charge on any atom is -0.271 e. The molecule has 1 atom stereocenters. The van der Waals surface area contributed by atoms with E-state index in [1.54, 1.807) is 11.3 Å². The number of halogens is 3. The summed E-state index contributed by atoms with van der Waals surface area (Å²) in [5, 5.41) is 2.71. The summed E-state index contributed by atoms with van der Waals surface area (Å²) in [7, 11) is 0. The highest BCUT2D eigenvalue weighted by Crippen LogP contribution is 2.34. The number of thiophene rings is 1. The van der Waals surface area contributed by atoms with Gasteiger partial charge in [-0.25, -0.2) is 5.43 Å². The van der Waals surface area contributed by atoms with Crippen LogP contribution in [0.2, 0.25) is 5.02 Å². The highest BCUT2D eigenvalue weighted by Gasteiger charge is 2.17. The first-order chi connectivity index (χ1) is 8.13. The molecule has 0 spiro atoms. The molecular formula is C11H9Br2ClN2S. The van der Waals surface area contributed by atoms with Gasteiger partial charge < -0.3 is 0 Å². The van der Waals surface area contributed by atoms with E-state index in [0.29, 0.717) is 5.02 Å². The Morgan fingerprint density at radius 2 is 2.00 bits per heavy atom. The van der Waals surface area contributed by atoms with Crippen LogP contribution < -0.4 is 11.3 Å². The fourth-order valence-corrected chi connectivity index (χ4v) is 3.73. The molecule has 0 saturated carbocycles. The van der Waals surface area contributed by atoms with E-state index in [1.807, 2.05) is 29.6 Å². The first-order valence-corrected chi connectivity index (χ1v) is 7.62. The monoisotopic (exact) mass is 394 g/mol. The second-order valence-electron chi connectivity index (χ2n) is 3.41. The molecule has 0 aliphatic carbocycles. The Morgan fingerprint density at radius 3 is 2.53 bits per heavy atom. The van der Waals surface area contributed by atoms with Gasteiger partial charge in [-0.3, -0.25) is 5.84 Å². The van der Waals surface area contributed by atoms with Gasteiger partial charge in [0.25, 0.3) is 0 Å². The zero-order valence-electron chi connectivity index (χ0n) is 8.58. The second kappa shape index (κ2) is 5.82. The first kappa shape index (κ1) is 13.5. The Labute approximate surface area is 125 Å². The number of nitrogens with one attached hydrogen (secondary N) is 1. The van der Waals surface area contributed by atoms with Crippen molar-refractivity contribution in [2.75, 3.05) is 0 Å². The quantitative estimate of drug-likeness (QED) is 0.593. The van der Waals surface area contributed by atoms with Gasteiger partial charge >= 0.3 is 0 Å². The van der Waals surface area contributed by atoms with Crippen LogP contribution in [-0.2, 0) is 0 Å². The first-order valence-electron chi connectivity index (χ1n) is 4.77. The molecule has 1 aromatic carbocycles. The van der Waals surface area contributed by atoms with E-state index in [2.05, 4.69) is 37.3 Å². The third kappa shape index (κ3) is 2.92. The maximum Gasteiger partial charge on any atom is 0.0814 e. The SMILES string of the molecule is NNC(c1ccc(Cl)c(Br)c1)c1sccc1Br. The van der Waals surface area contributed by atoms with Crippen LogP contribution in [0.4, 0.5) is 0 Å². The lowest BCUT2D eigenvalue weighted by Gasteiger charge is -2.16. The molecule has 1 heterocycles. The lowest BCUT2D eigenvalue weighted by molar-refractivity contribution is 0.644. The fraction of sp³-hybridized carbons (Fsp3) is 0.0909. The molecule has 0 amide bonds. The zero-order valence-corrected chi connectivity index (χ0v) is 13.3. The molecule has 0 radical (unpaired) electrons. The minimum absolute atomic E-state index is 0.0436. The lowest BCUT2D eigenvalue weighted by Crippen LogP contribution is -2.28. The van der Waals surface area contributed by atoms with Gasteiger partial charge in [-0.2, -0.15) is 0 Å². The Hall–Kier alpha value is 0.0900. The van der Waals surface area contributed by atoms with E-state index >= 15 is 0 Å². The summed E-state index contributed by atoms with van der Waals surface area (Å²) in [5.74, 6) is 5.64. The molecule has 0 saturated heterocycles. The van der Waals surface area contributed by atoms with Crippen LogP contribution in [0.25, 0.3) is 0 Å². The maximum absolute atomic E-state index is 5.98. The number of nitrogens with two attached hydrogens (primary N) is 1. The van der Waals surface area contributed by atoms with Crippen LogP contribution in [0.3, 0.4) is 0 Å². The molecule has 2 rings (SSSR count). The Morgan fingerprint density at radius 1 is 1.24 bits per heavy atom. The second-order valence-corrected chi connectivity index (χ2v) is 6.47. The van der Waals surface area contributed by atoms with Gasteiger partial charge in [-0.05, 0) is 61.0 Å². The average Bonchev–Trinajstić information content (AvgIpc) is 2.71. The van der Waals surface area contributed by atoms with Crippen LogP contribution in [0.1, 0.15) is 16.5 Å². The largest absolute Gasteiger partial charge is 0.271 e. The molecule has 1 aromatic heterocycles. The Balaban J connectivity index is 2.42. The molecule has 90 valence electrons. The summed E-state index contributed by atoms with van der Waals surface area (Å²) in [6, 6.07) is 7.75. The van der Waals surface area contributed by atoms with Crippen molar-refractivity contribution in [1.82, 2.24) is 5.43 Å². The van der Waals surface area contributed by atoms with Crippen molar-refractivity contribution < 1.29 is 0 Å². The van der Waals surface area contributed by atoms with Crippen molar-refractivity contribution in [2.24, 2.45) is 5.84 Å². The molecule has 3 N–H and O–H groups in total.